The lowest BCUT2D eigenvalue weighted by atomic mass is 9.97. The number of halogens is 3. The van der Waals surface area contributed by atoms with Gasteiger partial charge in [0.2, 0.25) is 0 Å². The number of alkyl halides is 3. The molecule has 126 valence electrons. The van der Waals surface area contributed by atoms with Crippen molar-refractivity contribution in [2.45, 2.75) is 50.7 Å². The minimum absolute atomic E-state index is 0.0313. The van der Waals surface area contributed by atoms with Crippen LogP contribution in [0.4, 0.5) is 18.0 Å². The van der Waals surface area contributed by atoms with Gasteiger partial charge in [-0.2, -0.15) is 13.2 Å². The number of carbonyl (C=O) groups excluding carboxylic acids is 1. The Morgan fingerprint density at radius 1 is 1.14 bits per heavy atom. The van der Waals surface area contributed by atoms with Crippen LogP contribution in [-0.4, -0.2) is 47.3 Å². The molecule has 1 heterocycles. The molecule has 2 N–H and O–H groups in total. The Kier molecular flexibility index (Phi) is 5.18. The molecule has 0 spiro atoms. The van der Waals surface area contributed by atoms with Gasteiger partial charge in [0, 0.05) is 13.1 Å². The Bertz CT molecular complexity index is 422. The number of rotatable bonds is 3. The van der Waals surface area contributed by atoms with Crippen molar-refractivity contribution < 1.29 is 27.9 Å². The van der Waals surface area contributed by atoms with Crippen LogP contribution in [0.15, 0.2) is 0 Å². The highest BCUT2D eigenvalue weighted by atomic mass is 19.4. The van der Waals surface area contributed by atoms with Crippen molar-refractivity contribution in [1.29, 1.82) is 0 Å². The second kappa shape index (κ2) is 6.75. The number of likely N-dealkylation sites (tertiary alicyclic amines) is 1. The summed E-state index contributed by atoms with van der Waals surface area (Å²) in [4.78, 5) is 24.3. The molecule has 0 aromatic carbocycles. The second-order valence-electron chi connectivity index (χ2n) is 6.14. The van der Waals surface area contributed by atoms with Crippen LogP contribution >= 0.6 is 0 Å². The molecule has 2 atom stereocenters. The van der Waals surface area contributed by atoms with Crippen LogP contribution < -0.4 is 5.32 Å². The summed E-state index contributed by atoms with van der Waals surface area (Å²) in [6.07, 6.45) is -1.12. The average molecular weight is 322 g/mol. The zero-order valence-electron chi connectivity index (χ0n) is 12.2. The number of nitrogens with zero attached hydrogens (tertiary/aromatic N) is 1. The van der Waals surface area contributed by atoms with E-state index in [0.717, 1.165) is 12.8 Å². The van der Waals surface area contributed by atoms with E-state index in [1.165, 1.54) is 4.90 Å². The number of piperidine rings is 1. The predicted octanol–water partition coefficient (Wildman–Crippen LogP) is 2.61. The zero-order valence-corrected chi connectivity index (χ0v) is 12.2. The number of hydrogen-bond acceptors (Lipinski definition) is 2. The number of amides is 2. The lowest BCUT2D eigenvalue weighted by Crippen LogP contribution is -2.55. The first-order valence-electron chi connectivity index (χ1n) is 7.64. The molecule has 5 nitrogen and oxygen atoms in total. The first-order chi connectivity index (χ1) is 10.3. The van der Waals surface area contributed by atoms with Crippen molar-refractivity contribution in [1.82, 2.24) is 10.2 Å². The molecule has 1 saturated carbocycles. The lowest BCUT2D eigenvalue weighted by Gasteiger charge is -2.34. The van der Waals surface area contributed by atoms with E-state index in [9.17, 15) is 22.8 Å². The number of urea groups is 1. The Morgan fingerprint density at radius 2 is 1.77 bits per heavy atom. The van der Waals surface area contributed by atoms with Gasteiger partial charge in [-0.05, 0) is 31.6 Å². The van der Waals surface area contributed by atoms with Crippen LogP contribution in [0, 0.1) is 11.8 Å². The minimum atomic E-state index is -4.48. The average Bonchev–Trinajstić information content (AvgIpc) is 2.97. The fourth-order valence-corrected chi connectivity index (χ4v) is 3.35. The topological polar surface area (TPSA) is 69.6 Å². The van der Waals surface area contributed by atoms with Crippen molar-refractivity contribution in [2.24, 2.45) is 11.8 Å². The summed E-state index contributed by atoms with van der Waals surface area (Å²) in [5.41, 5.74) is 0. The van der Waals surface area contributed by atoms with E-state index in [1.807, 2.05) is 0 Å². The molecule has 2 aliphatic rings. The van der Waals surface area contributed by atoms with E-state index >= 15 is 0 Å². The maximum absolute atomic E-state index is 13.2. The molecule has 1 saturated heterocycles. The maximum atomic E-state index is 13.2. The van der Waals surface area contributed by atoms with Crippen LogP contribution in [0.25, 0.3) is 0 Å². The molecule has 22 heavy (non-hydrogen) atoms. The van der Waals surface area contributed by atoms with Crippen LogP contribution in [-0.2, 0) is 4.79 Å². The third-order valence-electron chi connectivity index (χ3n) is 4.56. The number of nitrogens with one attached hydrogen (secondary N) is 1. The number of hydrogen-bond donors (Lipinski definition) is 2. The highest BCUT2D eigenvalue weighted by Gasteiger charge is 2.47. The van der Waals surface area contributed by atoms with E-state index in [1.54, 1.807) is 0 Å². The van der Waals surface area contributed by atoms with Crippen molar-refractivity contribution in [3.8, 4) is 0 Å². The summed E-state index contributed by atoms with van der Waals surface area (Å²) in [5.74, 6) is -2.29. The van der Waals surface area contributed by atoms with Gasteiger partial charge in [0.05, 0.1) is 5.92 Å². The first kappa shape index (κ1) is 16.9. The van der Waals surface area contributed by atoms with Crippen LogP contribution in [0.5, 0.6) is 0 Å². The van der Waals surface area contributed by atoms with Crippen molar-refractivity contribution in [3.05, 3.63) is 0 Å². The molecular weight excluding hydrogens is 301 g/mol. The summed E-state index contributed by atoms with van der Waals surface area (Å²) in [6, 6.07) is -2.65. The summed E-state index contributed by atoms with van der Waals surface area (Å²) in [5, 5.41) is 11.1. The third kappa shape index (κ3) is 4.04. The Hall–Kier alpha value is -1.47. The van der Waals surface area contributed by atoms with Gasteiger partial charge in [-0.25, -0.2) is 4.79 Å². The van der Waals surface area contributed by atoms with Gasteiger partial charge in [0.25, 0.3) is 0 Å². The summed E-state index contributed by atoms with van der Waals surface area (Å²) in [7, 11) is 0. The van der Waals surface area contributed by atoms with Crippen molar-refractivity contribution in [3.63, 3.8) is 0 Å². The third-order valence-corrected chi connectivity index (χ3v) is 4.56. The molecule has 1 aliphatic carbocycles. The largest absolute Gasteiger partial charge is 0.481 e. The van der Waals surface area contributed by atoms with Crippen LogP contribution in [0.1, 0.15) is 38.5 Å². The number of carboxylic acids is 1. The monoisotopic (exact) mass is 322 g/mol. The molecular formula is C14H21F3N2O3. The standard InChI is InChI=1S/C14H21F3N2O3/c15-14(16,17)11(9-4-1-2-5-9)18-13(22)19-7-3-6-10(8-19)12(20)21/h9-11H,1-8H2,(H,18,22)(H,20,21). The molecule has 0 aromatic heterocycles. The quantitative estimate of drug-likeness (QED) is 0.839. The maximum Gasteiger partial charge on any atom is 0.408 e. The van der Waals surface area contributed by atoms with E-state index in [-0.39, 0.29) is 6.54 Å². The first-order valence-corrected chi connectivity index (χ1v) is 7.64. The highest BCUT2D eigenvalue weighted by Crippen LogP contribution is 2.35. The molecule has 0 radical (unpaired) electrons. The molecule has 2 fully saturated rings. The number of carboxylic acid groups (broad SMARTS) is 1. The molecule has 1 aliphatic heterocycles. The van der Waals surface area contributed by atoms with E-state index in [0.29, 0.717) is 32.2 Å². The smallest absolute Gasteiger partial charge is 0.408 e. The van der Waals surface area contributed by atoms with Crippen molar-refractivity contribution >= 4 is 12.0 Å². The molecule has 2 amide bonds. The van der Waals surface area contributed by atoms with Crippen molar-refractivity contribution in [2.75, 3.05) is 13.1 Å². The van der Waals surface area contributed by atoms with Gasteiger partial charge in [0.1, 0.15) is 6.04 Å². The van der Waals surface area contributed by atoms with Gasteiger partial charge < -0.3 is 15.3 Å². The SMILES string of the molecule is O=C(O)C1CCCN(C(=O)NC(C2CCCC2)C(F)(F)F)C1. The van der Waals surface area contributed by atoms with Crippen LogP contribution in [0.2, 0.25) is 0 Å². The highest BCUT2D eigenvalue weighted by molar-refractivity contribution is 5.77. The Balaban J connectivity index is 1.99. The fraction of sp³-hybridized carbons (Fsp3) is 0.857. The van der Waals surface area contributed by atoms with Crippen LogP contribution in [0.3, 0.4) is 0 Å². The molecule has 2 unspecified atom stereocenters. The Labute approximate surface area is 126 Å². The van der Waals surface area contributed by atoms with E-state index < -0.39 is 36.1 Å². The van der Waals surface area contributed by atoms with Gasteiger partial charge in [-0.3, -0.25) is 4.79 Å². The summed E-state index contributed by atoms with van der Waals surface area (Å²) >= 11 is 0. The van der Waals surface area contributed by atoms with E-state index in [2.05, 4.69) is 5.32 Å². The molecule has 2 rings (SSSR count). The fourth-order valence-electron chi connectivity index (χ4n) is 3.35. The van der Waals surface area contributed by atoms with Gasteiger partial charge >= 0.3 is 18.2 Å². The zero-order chi connectivity index (χ0) is 16.3. The number of aliphatic carboxylic acids is 1. The predicted molar refractivity (Wildman–Crippen MR) is 72.3 cm³/mol. The number of carbonyl (C=O) groups is 2. The second-order valence-corrected chi connectivity index (χ2v) is 6.14. The minimum Gasteiger partial charge on any atom is -0.481 e. The van der Waals surface area contributed by atoms with E-state index in [4.69, 9.17) is 5.11 Å². The molecule has 0 bridgehead atoms. The normalized spacial score (nSPS) is 25.0. The molecule has 8 heteroatoms. The Morgan fingerprint density at radius 3 is 2.32 bits per heavy atom. The lowest BCUT2D eigenvalue weighted by molar-refractivity contribution is -0.165. The van der Waals surface area contributed by atoms with Gasteiger partial charge in [-0.15, -0.1) is 0 Å². The molecule has 0 aromatic rings. The van der Waals surface area contributed by atoms with Gasteiger partial charge in [-0.1, -0.05) is 12.8 Å². The van der Waals surface area contributed by atoms with Gasteiger partial charge in [0.15, 0.2) is 0 Å². The summed E-state index contributed by atoms with van der Waals surface area (Å²) in [6.45, 7) is 0.265. The summed E-state index contributed by atoms with van der Waals surface area (Å²) < 4.78 is 39.5.